The van der Waals surface area contributed by atoms with Crippen molar-refractivity contribution in [2.24, 2.45) is 23.5 Å². The molecule has 0 aromatic rings. The Bertz CT molecular complexity index is 379. The number of amides is 1. The van der Waals surface area contributed by atoms with Gasteiger partial charge < -0.3 is 15.8 Å². The minimum atomic E-state index is -0.349. The van der Waals surface area contributed by atoms with Crippen LogP contribution in [0.2, 0.25) is 0 Å². The molecule has 1 atom stereocenters. The second kappa shape index (κ2) is 9.91. The normalized spacial score (nSPS) is 24.9. The summed E-state index contributed by atoms with van der Waals surface area (Å²) in [6.45, 7) is 1.65. The van der Waals surface area contributed by atoms with Crippen LogP contribution in [0.3, 0.4) is 0 Å². The van der Waals surface area contributed by atoms with Gasteiger partial charge in [0.25, 0.3) is 0 Å². The molecule has 3 aliphatic rings. The molecule has 1 unspecified atom stereocenters. The van der Waals surface area contributed by atoms with E-state index >= 15 is 0 Å². The van der Waals surface area contributed by atoms with Crippen LogP contribution in [0.15, 0.2) is 0 Å². The molecule has 2 saturated carbocycles. The van der Waals surface area contributed by atoms with E-state index in [1.807, 2.05) is 0 Å². The Morgan fingerprint density at radius 2 is 1.32 bits per heavy atom. The van der Waals surface area contributed by atoms with E-state index in [-0.39, 0.29) is 11.9 Å². The lowest BCUT2D eigenvalue weighted by Crippen LogP contribution is -2.47. The molecule has 0 radical (unpaired) electrons. The molecule has 0 bridgehead atoms. The van der Waals surface area contributed by atoms with Gasteiger partial charge in [-0.1, -0.05) is 51.4 Å². The van der Waals surface area contributed by atoms with Gasteiger partial charge in [-0.05, 0) is 49.9 Å². The summed E-state index contributed by atoms with van der Waals surface area (Å²) in [5, 5.41) is 3.36. The average molecular weight is 351 g/mol. The Kier molecular flexibility index (Phi) is 7.60. The summed E-state index contributed by atoms with van der Waals surface area (Å²) in [7, 11) is 0. The van der Waals surface area contributed by atoms with Crippen molar-refractivity contribution in [2.75, 3.05) is 13.2 Å². The molecule has 144 valence electrons. The van der Waals surface area contributed by atoms with Crippen molar-refractivity contribution in [2.45, 2.75) is 95.6 Å². The molecule has 2 aliphatic carbocycles. The topological polar surface area (TPSA) is 64.3 Å². The van der Waals surface area contributed by atoms with E-state index in [2.05, 4.69) is 5.32 Å². The second-order valence-corrected chi connectivity index (χ2v) is 8.88. The van der Waals surface area contributed by atoms with E-state index in [0.717, 1.165) is 44.3 Å². The van der Waals surface area contributed by atoms with Crippen LogP contribution in [0.25, 0.3) is 0 Å². The first kappa shape index (κ1) is 19.2. The predicted octanol–water partition coefficient (Wildman–Crippen LogP) is 3.78. The molecule has 1 saturated heterocycles. The number of rotatable bonds is 8. The fourth-order valence-corrected chi connectivity index (χ4v) is 5.27. The highest BCUT2D eigenvalue weighted by atomic mass is 16.5. The average Bonchev–Trinajstić information content (AvgIpc) is 3.29. The van der Waals surface area contributed by atoms with Gasteiger partial charge in [0.15, 0.2) is 0 Å². The highest BCUT2D eigenvalue weighted by molar-refractivity contribution is 5.81. The largest absolute Gasteiger partial charge is 0.381 e. The molecule has 3 N–H and O–H groups in total. The Balaban J connectivity index is 1.48. The summed E-state index contributed by atoms with van der Waals surface area (Å²) in [4.78, 5) is 12.7. The molecule has 4 heteroatoms. The lowest BCUT2D eigenvalue weighted by molar-refractivity contribution is -0.123. The van der Waals surface area contributed by atoms with Crippen LogP contribution in [-0.2, 0) is 9.53 Å². The molecule has 3 rings (SSSR count). The molecule has 1 amide bonds. The minimum Gasteiger partial charge on any atom is -0.381 e. The maximum Gasteiger partial charge on any atom is 0.237 e. The number of hydrogen-bond donors (Lipinski definition) is 2. The Labute approximate surface area is 153 Å². The van der Waals surface area contributed by atoms with Crippen LogP contribution < -0.4 is 11.1 Å². The van der Waals surface area contributed by atoms with Crippen LogP contribution in [-0.4, -0.2) is 31.2 Å². The maximum absolute atomic E-state index is 12.7. The van der Waals surface area contributed by atoms with Gasteiger partial charge in [-0.25, -0.2) is 0 Å². The number of hydrogen-bond acceptors (Lipinski definition) is 3. The van der Waals surface area contributed by atoms with Crippen LogP contribution in [0, 0.1) is 17.8 Å². The van der Waals surface area contributed by atoms with Gasteiger partial charge in [-0.2, -0.15) is 0 Å². The molecule has 0 aromatic heterocycles. The first-order valence-electron chi connectivity index (χ1n) is 10.8. The van der Waals surface area contributed by atoms with E-state index in [1.165, 1.54) is 64.2 Å². The number of nitrogens with one attached hydrogen (secondary N) is 1. The fraction of sp³-hybridized carbons (Fsp3) is 0.952. The second-order valence-electron chi connectivity index (χ2n) is 8.88. The van der Waals surface area contributed by atoms with E-state index in [0.29, 0.717) is 12.0 Å². The third-order valence-electron chi connectivity index (χ3n) is 6.80. The molecule has 25 heavy (non-hydrogen) atoms. The van der Waals surface area contributed by atoms with Crippen molar-refractivity contribution in [3.05, 3.63) is 0 Å². The predicted molar refractivity (Wildman–Crippen MR) is 101 cm³/mol. The van der Waals surface area contributed by atoms with Crippen LogP contribution in [0.1, 0.15) is 83.5 Å². The molecule has 0 spiro atoms. The quantitative estimate of drug-likeness (QED) is 0.700. The van der Waals surface area contributed by atoms with Gasteiger partial charge >= 0.3 is 0 Å². The van der Waals surface area contributed by atoms with Crippen LogP contribution in [0.5, 0.6) is 0 Å². The third kappa shape index (κ3) is 6.25. The number of nitrogens with two attached hydrogens (primary N) is 1. The van der Waals surface area contributed by atoms with Gasteiger partial charge in [0, 0.05) is 19.3 Å². The van der Waals surface area contributed by atoms with Crippen LogP contribution >= 0.6 is 0 Å². The smallest absolute Gasteiger partial charge is 0.237 e. The van der Waals surface area contributed by atoms with Gasteiger partial charge in [0.05, 0.1) is 6.04 Å². The molecule has 4 nitrogen and oxygen atoms in total. The Morgan fingerprint density at radius 3 is 1.84 bits per heavy atom. The monoisotopic (exact) mass is 350 g/mol. The van der Waals surface area contributed by atoms with Gasteiger partial charge in [-0.15, -0.1) is 0 Å². The van der Waals surface area contributed by atoms with E-state index in [1.54, 1.807) is 0 Å². The fourth-order valence-electron chi connectivity index (χ4n) is 5.27. The SMILES string of the molecule is NC(CC1CCOCC1)C(=O)NC(CC1CCCC1)CC1CCCC1. The zero-order valence-corrected chi connectivity index (χ0v) is 15.9. The Hall–Kier alpha value is -0.610. The standard InChI is InChI=1S/C21H38N2O2/c22-20(15-18-9-11-25-12-10-18)21(24)23-19(13-16-5-1-2-6-16)14-17-7-3-4-8-17/h16-20H,1-15,22H2,(H,23,24). The van der Waals surface area contributed by atoms with Crippen molar-refractivity contribution in [1.82, 2.24) is 5.32 Å². The number of ether oxygens (including phenoxy) is 1. The maximum atomic E-state index is 12.7. The van der Waals surface area contributed by atoms with E-state index in [9.17, 15) is 4.79 Å². The van der Waals surface area contributed by atoms with Crippen molar-refractivity contribution in [1.29, 1.82) is 0 Å². The zero-order chi connectivity index (χ0) is 17.5. The lowest BCUT2D eigenvalue weighted by Gasteiger charge is -2.28. The molecular formula is C21H38N2O2. The van der Waals surface area contributed by atoms with Crippen molar-refractivity contribution in [3.8, 4) is 0 Å². The summed E-state index contributed by atoms with van der Waals surface area (Å²) >= 11 is 0. The summed E-state index contributed by atoms with van der Waals surface area (Å²) in [5.74, 6) is 2.28. The van der Waals surface area contributed by atoms with E-state index < -0.39 is 0 Å². The van der Waals surface area contributed by atoms with Crippen molar-refractivity contribution in [3.63, 3.8) is 0 Å². The van der Waals surface area contributed by atoms with Crippen LogP contribution in [0.4, 0.5) is 0 Å². The summed E-state index contributed by atoms with van der Waals surface area (Å²) in [5.41, 5.74) is 6.26. The van der Waals surface area contributed by atoms with Crippen molar-refractivity contribution >= 4 is 5.91 Å². The highest BCUT2D eigenvalue weighted by Crippen LogP contribution is 2.33. The lowest BCUT2D eigenvalue weighted by atomic mass is 9.89. The first-order chi connectivity index (χ1) is 12.2. The summed E-state index contributed by atoms with van der Waals surface area (Å²) in [6, 6.07) is -0.00260. The molecule has 0 aromatic carbocycles. The zero-order valence-electron chi connectivity index (χ0n) is 15.9. The van der Waals surface area contributed by atoms with Gasteiger partial charge in [0.1, 0.15) is 0 Å². The molecule has 1 aliphatic heterocycles. The highest BCUT2D eigenvalue weighted by Gasteiger charge is 2.28. The summed E-state index contributed by atoms with van der Waals surface area (Å²) in [6.07, 6.45) is 16.2. The minimum absolute atomic E-state index is 0.0903. The molecular weight excluding hydrogens is 312 g/mol. The number of carbonyl (C=O) groups excluding carboxylic acids is 1. The Morgan fingerprint density at radius 1 is 0.840 bits per heavy atom. The van der Waals surface area contributed by atoms with Crippen molar-refractivity contribution < 1.29 is 9.53 Å². The van der Waals surface area contributed by atoms with E-state index in [4.69, 9.17) is 10.5 Å². The number of carbonyl (C=O) groups is 1. The van der Waals surface area contributed by atoms with Gasteiger partial charge in [0.2, 0.25) is 5.91 Å². The molecule has 1 heterocycles. The first-order valence-corrected chi connectivity index (χ1v) is 10.8. The van der Waals surface area contributed by atoms with Gasteiger partial charge in [-0.3, -0.25) is 4.79 Å². The summed E-state index contributed by atoms with van der Waals surface area (Å²) < 4.78 is 5.41. The third-order valence-corrected chi connectivity index (χ3v) is 6.80. The molecule has 3 fully saturated rings.